The van der Waals surface area contributed by atoms with Gasteiger partial charge in [0.1, 0.15) is 5.82 Å². The zero-order chi connectivity index (χ0) is 22.8. The van der Waals surface area contributed by atoms with Crippen LogP contribution in [-0.4, -0.2) is 59.1 Å². The highest BCUT2D eigenvalue weighted by Gasteiger charge is 2.26. The lowest BCUT2D eigenvalue weighted by molar-refractivity contribution is -0.110. The predicted molar refractivity (Wildman–Crippen MR) is 122 cm³/mol. The maximum Gasteiger partial charge on any atom is 0.256 e. The molecule has 0 saturated carbocycles. The predicted octanol–water partition coefficient (Wildman–Crippen LogP) is 2.84. The van der Waals surface area contributed by atoms with Gasteiger partial charge in [0.15, 0.2) is 0 Å². The Labute approximate surface area is 186 Å². The van der Waals surface area contributed by atoms with Crippen molar-refractivity contribution in [2.75, 3.05) is 31.5 Å². The zero-order valence-electron chi connectivity index (χ0n) is 18.4. The Bertz CT molecular complexity index is 1070. The molecule has 2 amide bonds. The quantitative estimate of drug-likeness (QED) is 0.520. The van der Waals surface area contributed by atoms with E-state index in [2.05, 4.69) is 20.5 Å². The number of β-amino-alcohol motifs (C(OH)–C–C–N with tert-alkyl or cyclic N) is 1. The normalized spacial score (nSPS) is 18.5. The SMILES string of the molecule is Cc1[nH]c(/C=C2\C(=O)Nc3ccc(F)cc32)c(C)c1C(=O)NC[C@H](O)CN1CCCCC1. The molecule has 0 aliphatic carbocycles. The Morgan fingerprint density at radius 1 is 1.28 bits per heavy atom. The lowest BCUT2D eigenvalue weighted by atomic mass is 10.0. The number of carbonyl (C=O) groups excluding carboxylic acids is 2. The Morgan fingerprint density at radius 2 is 2.03 bits per heavy atom. The standard InChI is InChI=1S/C24H29FN4O3/c1-14-21(11-19-18-10-16(25)6-7-20(18)28-23(19)31)27-15(2)22(14)24(32)26-12-17(30)13-29-8-4-3-5-9-29/h6-7,10-11,17,27,30H,3-5,8-9,12-13H2,1-2H3,(H,26,32)(H,28,31)/b19-11-/t17-/m0/s1. The third-order valence-corrected chi connectivity index (χ3v) is 6.17. The van der Waals surface area contributed by atoms with Gasteiger partial charge in [-0.15, -0.1) is 0 Å². The first kappa shape index (κ1) is 22.2. The molecule has 1 aromatic carbocycles. The third kappa shape index (κ3) is 4.61. The average Bonchev–Trinajstić information content (AvgIpc) is 3.22. The van der Waals surface area contributed by atoms with E-state index in [4.69, 9.17) is 0 Å². The van der Waals surface area contributed by atoms with Crippen molar-refractivity contribution in [2.24, 2.45) is 0 Å². The maximum atomic E-state index is 13.7. The van der Waals surface area contributed by atoms with Crippen molar-refractivity contribution in [1.82, 2.24) is 15.2 Å². The van der Waals surface area contributed by atoms with E-state index < -0.39 is 11.9 Å². The molecule has 3 heterocycles. The summed E-state index contributed by atoms with van der Waals surface area (Å²) < 4.78 is 13.7. The summed E-state index contributed by atoms with van der Waals surface area (Å²) in [7, 11) is 0. The summed E-state index contributed by atoms with van der Waals surface area (Å²) in [5, 5.41) is 15.9. The van der Waals surface area contributed by atoms with Crippen LogP contribution >= 0.6 is 0 Å². The second kappa shape index (κ2) is 9.26. The smallest absolute Gasteiger partial charge is 0.256 e. The van der Waals surface area contributed by atoms with Crippen molar-refractivity contribution in [2.45, 2.75) is 39.2 Å². The number of halogens is 1. The first-order valence-corrected chi connectivity index (χ1v) is 11.0. The monoisotopic (exact) mass is 440 g/mol. The molecule has 0 unspecified atom stereocenters. The number of nitrogens with one attached hydrogen (secondary N) is 3. The van der Waals surface area contributed by atoms with Crippen LogP contribution in [0, 0.1) is 19.7 Å². The third-order valence-electron chi connectivity index (χ3n) is 6.17. The number of fused-ring (bicyclic) bond motifs is 1. The highest BCUT2D eigenvalue weighted by molar-refractivity contribution is 6.34. The van der Waals surface area contributed by atoms with E-state index in [1.165, 1.54) is 24.6 Å². The number of hydrogen-bond donors (Lipinski definition) is 4. The van der Waals surface area contributed by atoms with Gasteiger partial charge in [0, 0.05) is 35.7 Å². The van der Waals surface area contributed by atoms with E-state index in [0.29, 0.717) is 45.9 Å². The number of amides is 2. The van der Waals surface area contributed by atoms with Gasteiger partial charge in [-0.05, 0) is 69.6 Å². The molecule has 1 fully saturated rings. The Kier molecular flexibility index (Phi) is 6.43. The number of aliphatic hydroxyl groups excluding tert-OH is 1. The van der Waals surface area contributed by atoms with Gasteiger partial charge in [-0.25, -0.2) is 4.39 Å². The number of benzene rings is 1. The summed E-state index contributed by atoms with van der Waals surface area (Å²) in [6, 6.07) is 4.15. The summed E-state index contributed by atoms with van der Waals surface area (Å²) in [5.41, 5.74) is 3.85. The highest BCUT2D eigenvalue weighted by Crippen LogP contribution is 2.34. The van der Waals surface area contributed by atoms with Gasteiger partial charge in [-0.3, -0.25) is 9.59 Å². The van der Waals surface area contributed by atoms with E-state index >= 15 is 0 Å². The molecule has 2 aliphatic heterocycles. The van der Waals surface area contributed by atoms with Crippen LogP contribution in [0.3, 0.4) is 0 Å². The fourth-order valence-corrected chi connectivity index (χ4v) is 4.51. The number of rotatable bonds is 6. The van der Waals surface area contributed by atoms with Gasteiger partial charge in [0.25, 0.3) is 11.8 Å². The summed E-state index contributed by atoms with van der Waals surface area (Å²) in [4.78, 5) is 30.6. The molecule has 32 heavy (non-hydrogen) atoms. The van der Waals surface area contributed by atoms with Crippen molar-refractivity contribution in [1.29, 1.82) is 0 Å². The van der Waals surface area contributed by atoms with Crippen molar-refractivity contribution < 1.29 is 19.1 Å². The van der Waals surface area contributed by atoms with Gasteiger partial charge >= 0.3 is 0 Å². The van der Waals surface area contributed by atoms with Crippen LogP contribution in [0.25, 0.3) is 11.6 Å². The first-order valence-electron chi connectivity index (χ1n) is 11.0. The molecule has 170 valence electrons. The number of anilines is 1. The van der Waals surface area contributed by atoms with E-state index in [0.717, 1.165) is 25.9 Å². The summed E-state index contributed by atoms with van der Waals surface area (Å²) in [6.45, 7) is 6.28. The van der Waals surface area contributed by atoms with E-state index in [1.54, 1.807) is 19.9 Å². The number of hydrogen-bond acceptors (Lipinski definition) is 4. The minimum absolute atomic E-state index is 0.172. The number of aromatic nitrogens is 1. The molecule has 1 atom stereocenters. The van der Waals surface area contributed by atoms with Crippen LogP contribution in [0.1, 0.15) is 52.1 Å². The van der Waals surface area contributed by atoms with Gasteiger partial charge < -0.3 is 25.6 Å². The molecule has 4 N–H and O–H groups in total. The van der Waals surface area contributed by atoms with Crippen LogP contribution in [0.15, 0.2) is 18.2 Å². The molecule has 1 saturated heterocycles. The zero-order valence-corrected chi connectivity index (χ0v) is 18.4. The van der Waals surface area contributed by atoms with Crippen LogP contribution in [0.2, 0.25) is 0 Å². The van der Waals surface area contributed by atoms with E-state index in [9.17, 15) is 19.1 Å². The minimum Gasteiger partial charge on any atom is -0.390 e. The lowest BCUT2D eigenvalue weighted by Crippen LogP contribution is -2.42. The molecule has 2 aromatic rings. The van der Waals surface area contributed by atoms with Crippen molar-refractivity contribution >= 4 is 29.2 Å². The van der Waals surface area contributed by atoms with Gasteiger partial charge in [-0.2, -0.15) is 0 Å². The number of aliphatic hydroxyl groups is 1. The number of aryl methyl sites for hydroxylation is 1. The summed E-state index contributed by atoms with van der Waals surface area (Å²) in [6.07, 6.45) is 4.54. The number of likely N-dealkylation sites (tertiary alicyclic amines) is 1. The molecule has 0 radical (unpaired) electrons. The Morgan fingerprint density at radius 3 is 2.78 bits per heavy atom. The average molecular weight is 441 g/mol. The molecule has 4 rings (SSSR count). The van der Waals surface area contributed by atoms with Crippen LogP contribution in [-0.2, 0) is 4.79 Å². The second-order valence-corrected chi connectivity index (χ2v) is 8.59. The van der Waals surface area contributed by atoms with Crippen molar-refractivity contribution in [3.05, 3.63) is 52.1 Å². The maximum absolute atomic E-state index is 13.7. The number of carbonyl (C=O) groups is 2. The summed E-state index contributed by atoms with van der Waals surface area (Å²) >= 11 is 0. The number of H-pyrrole nitrogens is 1. The molecule has 8 heteroatoms. The molecule has 2 aliphatic rings. The van der Waals surface area contributed by atoms with E-state index in [1.807, 2.05) is 0 Å². The second-order valence-electron chi connectivity index (χ2n) is 8.59. The molecule has 7 nitrogen and oxygen atoms in total. The minimum atomic E-state index is -0.633. The molecular formula is C24H29FN4O3. The Balaban J connectivity index is 1.47. The largest absolute Gasteiger partial charge is 0.390 e. The van der Waals surface area contributed by atoms with Crippen LogP contribution in [0.5, 0.6) is 0 Å². The van der Waals surface area contributed by atoms with Gasteiger partial charge in [-0.1, -0.05) is 6.42 Å². The number of aromatic amines is 1. The fraction of sp³-hybridized carbons (Fsp3) is 0.417. The van der Waals surface area contributed by atoms with Crippen LogP contribution in [0.4, 0.5) is 10.1 Å². The molecular weight excluding hydrogens is 411 g/mol. The fourth-order valence-electron chi connectivity index (χ4n) is 4.51. The molecule has 1 aromatic heterocycles. The number of piperidine rings is 1. The lowest BCUT2D eigenvalue weighted by Gasteiger charge is -2.28. The van der Waals surface area contributed by atoms with Gasteiger partial charge in [0.05, 0.1) is 17.2 Å². The molecule has 0 bridgehead atoms. The van der Waals surface area contributed by atoms with E-state index in [-0.39, 0.29) is 18.4 Å². The first-order chi connectivity index (χ1) is 15.3. The van der Waals surface area contributed by atoms with Crippen molar-refractivity contribution in [3.8, 4) is 0 Å². The van der Waals surface area contributed by atoms with Crippen molar-refractivity contribution in [3.63, 3.8) is 0 Å². The topological polar surface area (TPSA) is 97.5 Å². The number of nitrogens with zero attached hydrogens (tertiary/aromatic N) is 1. The highest BCUT2D eigenvalue weighted by atomic mass is 19.1. The molecule has 0 spiro atoms. The Hall–Kier alpha value is -2.97. The van der Waals surface area contributed by atoms with Crippen LogP contribution < -0.4 is 10.6 Å². The summed E-state index contributed by atoms with van der Waals surface area (Å²) in [5.74, 6) is -1.02. The van der Waals surface area contributed by atoms with Gasteiger partial charge in [0.2, 0.25) is 0 Å².